The van der Waals surface area contributed by atoms with E-state index in [1.165, 1.54) is 12.8 Å². The molecule has 3 nitrogen and oxygen atoms in total. The van der Waals surface area contributed by atoms with Crippen LogP contribution in [0.5, 0.6) is 0 Å². The first-order valence-electron chi connectivity index (χ1n) is 5.74. The van der Waals surface area contributed by atoms with Crippen molar-refractivity contribution in [1.82, 2.24) is 15.6 Å². The van der Waals surface area contributed by atoms with Gasteiger partial charge in [-0.15, -0.1) is 0 Å². The number of rotatable bonds is 3. The highest BCUT2D eigenvalue weighted by atomic mass is 15.0. The van der Waals surface area contributed by atoms with Gasteiger partial charge in [-0.1, -0.05) is 6.07 Å². The number of nitrogens with zero attached hydrogens (tertiary/aromatic N) is 1. The van der Waals surface area contributed by atoms with Crippen molar-refractivity contribution in [3.63, 3.8) is 0 Å². The average Bonchev–Trinajstić information content (AvgIpc) is 2.31. The van der Waals surface area contributed by atoms with E-state index in [1.807, 2.05) is 18.3 Å². The summed E-state index contributed by atoms with van der Waals surface area (Å²) in [6.07, 6.45) is 4.39. The summed E-state index contributed by atoms with van der Waals surface area (Å²) in [4.78, 5) is 4.36. The van der Waals surface area contributed by atoms with E-state index >= 15 is 0 Å². The molecule has 15 heavy (non-hydrogen) atoms. The van der Waals surface area contributed by atoms with E-state index in [0.717, 1.165) is 18.8 Å². The predicted molar refractivity (Wildman–Crippen MR) is 61.7 cm³/mol. The summed E-state index contributed by atoms with van der Waals surface area (Å²) in [6.45, 7) is 4.42. The Morgan fingerprint density at radius 1 is 1.53 bits per heavy atom. The van der Waals surface area contributed by atoms with Gasteiger partial charge in [-0.05, 0) is 38.4 Å². The van der Waals surface area contributed by atoms with Crippen LogP contribution in [-0.4, -0.2) is 24.1 Å². The Morgan fingerprint density at radius 3 is 3.13 bits per heavy atom. The molecule has 0 aromatic carbocycles. The van der Waals surface area contributed by atoms with Crippen molar-refractivity contribution in [1.29, 1.82) is 0 Å². The van der Waals surface area contributed by atoms with E-state index in [-0.39, 0.29) is 0 Å². The van der Waals surface area contributed by atoms with Crippen LogP contribution >= 0.6 is 0 Å². The molecule has 1 aliphatic rings. The Hall–Kier alpha value is -0.930. The first kappa shape index (κ1) is 10.6. The number of pyridine rings is 1. The molecule has 0 saturated carbocycles. The molecule has 0 amide bonds. The molecule has 2 rings (SSSR count). The molecule has 0 bridgehead atoms. The zero-order valence-corrected chi connectivity index (χ0v) is 9.24. The Labute approximate surface area is 91.3 Å². The van der Waals surface area contributed by atoms with Gasteiger partial charge in [0, 0.05) is 24.8 Å². The minimum atomic E-state index is 0.344. The van der Waals surface area contributed by atoms with Crippen LogP contribution in [0.15, 0.2) is 24.4 Å². The van der Waals surface area contributed by atoms with E-state index in [0.29, 0.717) is 12.1 Å². The lowest BCUT2D eigenvalue weighted by molar-refractivity contribution is 0.359. The van der Waals surface area contributed by atoms with Crippen molar-refractivity contribution in [3.8, 4) is 0 Å². The molecule has 1 saturated heterocycles. The lowest BCUT2D eigenvalue weighted by Crippen LogP contribution is -2.44. The highest BCUT2D eigenvalue weighted by molar-refractivity contribution is 5.08. The smallest absolute Gasteiger partial charge is 0.0570 e. The molecule has 82 valence electrons. The second-order valence-electron chi connectivity index (χ2n) is 4.19. The highest BCUT2D eigenvalue weighted by Gasteiger charge is 2.16. The van der Waals surface area contributed by atoms with Crippen LogP contribution in [0.3, 0.4) is 0 Å². The molecule has 3 heteroatoms. The van der Waals surface area contributed by atoms with Gasteiger partial charge in [-0.3, -0.25) is 4.98 Å². The van der Waals surface area contributed by atoms with E-state index in [1.54, 1.807) is 0 Å². The zero-order valence-electron chi connectivity index (χ0n) is 9.24. The Kier molecular flexibility index (Phi) is 3.69. The molecule has 1 aliphatic heterocycles. The topological polar surface area (TPSA) is 37.0 Å². The zero-order chi connectivity index (χ0) is 10.5. The first-order valence-corrected chi connectivity index (χ1v) is 5.74. The molecule has 0 unspecified atom stereocenters. The van der Waals surface area contributed by atoms with Gasteiger partial charge >= 0.3 is 0 Å². The highest BCUT2D eigenvalue weighted by Crippen LogP contribution is 2.11. The van der Waals surface area contributed by atoms with Crippen LogP contribution in [0.2, 0.25) is 0 Å². The molecule has 1 fully saturated rings. The summed E-state index contributed by atoms with van der Waals surface area (Å²) in [5.74, 6) is 0. The Balaban J connectivity index is 1.88. The first-order chi connectivity index (χ1) is 7.36. The van der Waals surface area contributed by atoms with Crippen LogP contribution in [0.25, 0.3) is 0 Å². The van der Waals surface area contributed by atoms with E-state index in [2.05, 4.69) is 28.6 Å². The summed E-state index contributed by atoms with van der Waals surface area (Å²) in [5.41, 5.74) is 1.13. The minimum absolute atomic E-state index is 0.344. The third kappa shape index (κ3) is 3.01. The summed E-state index contributed by atoms with van der Waals surface area (Å²) >= 11 is 0. The Morgan fingerprint density at radius 2 is 2.47 bits per heavy atom. The van der Waals surface area contributed by atoms with E-state index < -0.39 is 0 Å². The van der Waals surface area contributed by atoms with Crippen molar-refractivity contribution < 1.29 is 0 Å². The molecule has 0 radical (unpaired) electrons. The Bertz CT molecular complexity index is 280. The van der Waals surface area contributed by atoms with Crippen LogP contribution < -0.4 is 10.6 Å². The molecule has 2 N–H and O–H groups in total. The molecular formula is C12H19N3. The SMILES string of the molecule is C[C@H](N[C@@H]1CCCNC1)c1ccccn1. The van der Waals surface area contributed by atoms with Gasteiger partial charge < -0.3 is 10.6 Å². The quantitative estimate of drug-likeness (QED) is 0.785. The van der Waals surface area contributed by atoms with Gasteiger partial charge in [0.15, 0.2) is 0 Å². The van der Waals surface area contributed by atoms with Gasteiger partial charge in [0.1, 0.15) is 0 Å². The van der Waals surface area contributed by atoms with Crippen LogP contribution in [0.1, 0.15) is 31.5 Å². The van der Waals surface area contributed by atoms with Crippen molar-refractivity contribution in [3.05, 3.63) is 30.1 Å². The fraction of sp³-hybridized carbons (Fsp3) is 0.583. The second-order valence-corrected chi connectivity index (χ2v) is 4.19. The largest absolute Gasteiger partial charge is 0.315 e. The maximum Gasteiger partial charge on any atom is 0.0570 e. The van der Waals surface area contributed by atoms with Crippen molar-refractivity contribution in [2.75, 3.05) is 13.1 Å². The van der Waals surface area contributed by atoms with E-state index in [9.17, 15) is 0 Å². The summed E-state index contributed by atoms with van der Waals surface area (Å²) in [7, 11) is 0. The summed E-state index contributed by atoms with van der Waals surface area (Å²) in [5, 5.41) is 7.02. The van der Waals surface area contributed by atoms with Crippen molar-refractivity contribution >= 4 is 0 Å². The molecular weight excluding hydrogens is 186 g/mol. The molecule has 2 heterocycles. The molecule has 0 spiro atoms. The molecule has 0 aliphatic carbocycles. The summed E-state index contributed by atoms with van der Waals surface area (Å²) < 4.78 is 0. The van der Waals surface area contributed by atoms with Crippen LogP contribution in [-0.2, 0) is 0 Å². The minimum Gasteiger partial charge on any atom is -0.315 e. The maximum atomic E-state index is 4.36. The van der Waals surface area contributed by atoms with E-state index in [4.69, 9.17) is 0 Å². The van der Waals surface area contributed by atoms with Gasteiger partial charge in [-0.2, -0.15) is 0 Å². The maximum absolute atomic E-state index is 4.36. The predicted octanol–water partition coefficient (Wildman–Crippen LogP) is 1.48. The lowest BCUT2D eigenvalue weighted by Gasteiger charge is -2.27. The number of nitrogens with one attached hydrogen (secondary N) is 2. The third-order valence-electron chi connectivity index (χ3n) is 2.91. The number of piperidine rings is 1. The monoisotopic (exact) mass is 205 g/mol. The fourth-order valence-corrected chi connectivity index (χ4v) is 2.07. The number of aromatic nitrogens is 1. The lowest BCUT2D eigenvalue weighted by atomic mass is 10.1. The average molecular weight is 205 g/mol. The standard InChI is InChI=1S/C12H19N3/c1-10(12-6-2-3-8-14-12)15-11-5-4-7-13-9-11/h2-3,6,8,10-11,13,15H,4-5,7,9H2,1H3/t10-,11+/m0/s1. The van der Waals surface area contributed by atoms with Crippen LogP contribution in [0.4, 0.5) is 0 Å². The fourth-order valence-electron chi connectivity index (χ4n) is 2.07. The van der Waals surface area contributed by atoms with Crippen molar-refractivity contribution in [2.24, 2.45) is 0 Å². The third-order valence-corrected chi connectivity index (χ3v) is 2.91. The van der Waals surface area contributed by atoms with Crippen molar-refractivity contribution in [2.45, 2.75) is 31.8 Å². The van der Waals surface area contributed by atoms with Gasteiger partial charge in [0.25, 0.3) is 0 Å². The number of hydrogen-bond acceptors (Lipinski definition) is 3. The van der Waals surface area contributed by atoms with Gasteiger partial charge in [0.2, 0.25) is 0 Å². The van der Waals surface area contributed by atoms with Crippen LogP contribution in [0, 0.1) is 0 Å². The summed E-state index contributed by atoms with van der Waals surface area (Å²) in [6, 6.07) is 7.01. The molecule has 1 aromatic rings. The molecule has 2 atom stereocenters. The van der Waals surface area contributed by atoms with Gasteiger partial charge in [0.05, 0.1) is 5.69 Å². The molecule has 1 aromatic heterocycles. The number of hydrogen-bond donors (Lipinski definition) is 2. The second kappa shape index (κ2) is 5.24. The van der Waals surface area contributed by atoms with Gasteiger partial charge in [-0.25, -0.2) is 0 Å². The normalized spacial score (nSPS) is 23.7.